The molecule has 23 heavy (non-hydrogen) atoms. The van der Waals surface area contributed by atoms with E-state index in [2.05, 4.69) is 12.2 Å². The summed E-state index contributed by atoms with van der Waals surface area (Å²) in [6, 6.07) is 5.70. The summed E-state index contributed by atoms with van der Waals surface area (Å²) in [7, 11) is 3.12. The van der Waals surface area contributed by atoms with E-state index in [4.69, 9.17) is 19.6 Å². The molecule has 0 bridgehead atoms. The highest BCUT2D eigenvalue weighted by Gasteiger charge is 2.43. The highest BCUT2D eigenvalue weighted by molar-refractivity contribution is 6.03. The van der Waals surface area contributed by atoms with Crippen LogP contribution in [0.4, 0.5) is 0 Å². The van der Waals surface area contributed by atoms with Crippen molar-refractivity contribution in [2.75, 3.05) is 20.8 Å². The summed E-state index contributed by atoms with van der Waals surface area (Å²) >= 11 is 0. The van der Waals surface area contributed by atoms with Crippen molar-refractivity contribution < 1.29 is 14.2 Å². The maximum atomic E-state index is 8.18. The van der Waals surface area contributed by atoms with E-state index in [0.717, 1.165) is 17.5 Å². The fraction of sp³-hybridized carbons (Fsp3) is 0.611. The quantitative estimate of drug-likeness (QED) is 0.509. The number of hydrogen-bond donors (Lipinski definition) is 2. The lowest BCUT2D eigenvalue weighted by molar-refractivity contribution is -0.223. The van der Waals surface area contributed by atoms with Crippen LogP contribution in [-0.2, 0) is 15.4 Å². The van der Waals surface area contributed by atoms with Gasteiger partial charge in [0.05, 0.1) is 12.2 Å². The molecular weight excluding hydrogens is 292 g/mol. The van der Waals surface area contributed by atoms with E-state index < -0.39 is 5.91 Å². The van der Waals surface area contributed by atoms with Crippen LogP contribution in [0.15, 0.2) is 18.2 Å². The average Bonchev–Trinajstić information content (AvgIpc) is 2.88. The molecule has 0 unspecified atom stereocenters. The third-order valence-electron chi connectivity index (χ3n) is 4.25. The number of benzene rings is 1. The van der Waals surface area contributed by atoms with Gasteiger partial charge in [-0.3, -0.25) is 5.41 Å². The largest absolute Gasteiger partial charge is 0.493 e. The van der Waals surface area contributed by atoms with Crippen LogP contribution in [0.3, 0.4) is 0 Å². The highest BCUT2D eigenvalue weighted by Crippen LogP contribution is 2.37. The number of rotatable bonds is 10. The van der Waals surface area contributed by atoms with Crippen LogP contribution in [0.5, 0.6) is 5.75 Å². The molecule has 0 atom stereocenters. The molecule has 128 valence electrons. The Labute approximate surface area is 138 Å². The average molecular weight is 320 g/mol. The fourth-order valence-corrected chi connectivity index (χ4v) is 2.95. The van der Waals surface area contributed by atoms with E-state index in [1.54, 1.807) is 14.2 Å². The minimum Gasteiger partial charge on any atom is -0.493 e. The third kappa shape index (κ3) is 3.85. The van der Waals surface area contributed by atoms with Gasteiger partial charge in [0, 0.05) is 19.8 Å². The van der Waals surface area contributed by atoms with Crippen LogP contribution in [0.25, 0.3) is 0 Å². The molecule has 0 spiro atoms. The highest BCUT2D eigenvalue weighted by atomic mass is 16.7. The Balaban J connectivity index is 1.97. The molecule has 1 aliphatic heterocycles. The van der Waals surface area contributed by atoms with E-state index in [9.17, 15) is 0 Å². The molecule has 0 fully saturated rings. The summed E-state index contributed by atoms with van der Waals surface area (Å²) in [6.45, 7) is 2.89. The van der Waals surface area contributed by atoms with Gasteiger partial charge in [0.2, 0.25) is 0 Å². The topological polar surface area (TPSA) is 63.6 Å². The SMILES string of the molecule is CCCCCCCCOc1cccc2c1C(=N)NC2(OC)OC. The predicted molar refractivity (Wildman–Crippen MR) is 91.0 cm³/mol. The van der Waals surface area contributed by atoms with Crippen molar-refractivity contribution in [2.24, 2.45) is 0 Å². The number of amidine groups is 1. The van der Waals surface area contributed by atoms with Crippen LogP contribution in [0.1, 0.15) is 56.6 Å². The molecule has 5 nitrogen and oxygen atoms in total. The molecule has 1 aliphatic rings. The van der Waals surface area contributed by atoms with Crippen molar-refractivity contribution in [3.63, 3.8) is 0 Å². The number of hydrogen-bond acceptors (Lipinski definition) is 4. The molecule has 5 heteroatoms. The Hall–Kier alpha value is -1.59. The summed E-state index contributed by atoms with van der Waals surface area (Å²) in [6.07, 6.45) is 7.36. The normalized spacial score (nSPS) is 15.3. The number of fused-ring (bicyclic) bond motifs is 1. The second kappa shape index (κ2) is 8.31. The monoisotopic (exact) mass is 320 g/mol. The molecule has 1 aromatic carbocycles. The number of methoxy groups -OCH3 is 2. The number of unbranched alkanes of at least 4 members (excludes halogenated alkanes) is 5. The van der Waals surface area contributed by atoms with Crippen molar-refractivity contribution in [1.29, 1.82) is 5.41 Å². The summed E-state index contributed by atoms with van der Waals surface area (Å²) in [5.41, 5.74) is 1.51. The maximum absolute atomic E-state index is 8.18. The maximum Gasteiger partial charge on any atom is 0.279 e. The zero-order valence-electron chi connectivity index (χ0n) is 14.4. The molecule has 0 aromatic heterocycles. The molecule has 0 saturated heterocycles. The number of ether oxygens (including phenoxy) is 3. The van der Waals surface area contributed by atoms with Gasteiger partial charge < -0.3 is 19.5 Å². The minimum absolute atomic E-state index is 0.266. The lowest BCUT2D eigenvalue weighted by Crippen LogP contribution is -2.42. The Morgan fingerprint density at radius 2 is 1.74 bits per heavy atom. The van der Waals surface area contributed by atoms with Gasteiger partial charge in [-0.1, -0.05) is 51.2 Å². The van der Waals surface area contributed by atoms with Crippen molar-refractivity contribution >= 4 is 5.84 Å². The van der Waals surface area contributed by atoms with Crippen LogP contribution < -0.4 is 10.1 Å². The molecule has 0 aliphatic carbocycles. The Morgan fingerprint density at radius 1 is 1.04 bits per heavy atom. The first kappa shape index (κ1) is 17.8. The first-order valence-corrected chi connectivity index (χ1v) is 8.42. The molecule has 1 aromatic rings. The summed E-state index contributed by atoms with van der Waals surface area (Å²) in [4.78, 5) is 0. The van der Waals surface area contributed by atoms with Crippen LogP contribution >= 0.6 is 0 Å². The molecule has 0 saturated carbocycles. The lowest BCUT2D eigenvalue weighted by atomic mass is 10.1. The van der Waals surface area contributed by atoms with Gasteiger partial charge in [0.25, 0.3) is 5.91 Å². The van der Waals surface area contributed by atoms with E-state index in [1.807, 2.05) is 18.2 Å². The van der Waals surface area contributed by atoms with Crippen molar-refractivity contribution in [3.05, 3.63) is 29.3 Å². The van der Waals surface area contributed by atoms with E-state index in [-0.39, 0.29) is 5.84 Å². The van der Waals surface area contributed by atoms with Crippen LogP contribution in [0.2, 0.25) is 0 Å². The lowest BCUT2D eigenvalue weighted by Gasteiger charge is -2.26. The molecular formula is C18H28N2O3. The summed E-state index contributed by atoms with van der Waals surface area (Å²) in [5, 5.41) is 11.1. The minimum atomic E-state index is -1.09. The number of nitrogens with one attached hydrogen (secondary N) is 2. The summed E-state index contributed by atoms with van der Waals surface area (Å²) < 4.78 is 16.8. The molecule has 2 rings (SSSR count). The van der Waals surface area contributed by atoms with Crippen molar-refractivity contribution in [2.45, 2.75) is 51.4 Å². The zero-order chi connectivity index (χ0) is 16.7. The second-order valence-electron chi connectivity index (χ2n) is 5.82. The molecule has 0 amide bonds. The van der Waals surface area contributed by atoms with Crippen molar-refractivity contribution in [3.8, 4) is 5.75 Å². The Morgan fingerprint density at radius 3 is 2.43 bits per heavy atom. The van der Waals surface area contributed by atoms with E-state index >= 15 is 0 Å². The smallest absolute Gasteiger partial charge is 0.279 e. The Kier molecular flexibility index (Phi) is 6.42. The van der Waals surface area contributed by atoms with E-state index in [1.165, 1.54) is 32.1 Å². The predicted octanol–water partition coefficient (Wildman–Crippen LogP) is 3.76. The van der Waals surface area contributed by atoms with Crippen LogP contribution in [0, 0.1) is 5.41 Å². The molecule has 0 radical (unpaired) electrons. The molecule has 1 heterocycles. The van der Waals surface area contributed by atoms with Gasteiger partial charge in [0.1, 0.15) is 11.6 Å². The summed E-state index contributed by atoms with van der Waals surface area (Å²) in [5.74, 6) is -0.113. The Bertz CT molecular complexity index is 527. The molecule has 2 N–H and O–H groups in total. The zero-order valence-corrected chi connectivity index (χ0v) is 14.4. The van der Waals surface area contributed by atoms with E-state index in [0.29, 0.717) is 12.4 Å². The van der Waals surface area contributed by atoms with Gasteiger partial charge >= 0.3 is 0 Å². The first-order valence-electron chi connectivity index (χ1n) is 8.42. The fourth-order valence-electron chi connectivity index (χ4n) is 2.95. The van der Waals surface area contributed by atoms with Gasteiger partial charge in [-0.25, -0.2) is 0 Å². The third-order valence-corrected chi connectivity index (χ3v) is 4.25. The van der Waals surface area contributed by atoms with Crippen LogP contribution in [-0.4, -0.2) is 26.7 Å². The van der Waals surface area contributed by atoms with Gasteiger partial charge in [-0.05, 0) is 12.5 Å². The van der Waals surface area contributed by atoms with Gasteiger partial charge in [0.15, 0.2) is 0 Å². The van der Waals surface area contributed by atoms with Crippen molar-refractivity contribution in [1.82, 2.24) is 5.32 Å². The first-order chi connectivity index (χ1) is 11.2. The second-order valence-corrected chi connectivity index (χ2v) is 5.82. The van der Waals surface area contributed by atoms with Gasteiger partial charge in [-0.15, -0.1) is 0 Å². The van der Waals surface area contributed by atoms with Gasteiger partial charge in [-0.2, -0.15) is 0 Å². The standard InChI is InChI=1S/C18H28N2O3/c1-4-5-6-7-8-9-13-23-15-12-10-11-14-16(15)17(19)20-18(14,21-2)22-3/h10-12H,4-9,13H2,1-3H3,(H2,19,20).